The van der Waals surface area contributed by atoms with Gasteiger partial charge >= 0.3 is 0 Å². The van der Waals surface area contributed by atoms with Gasteiger partial charge in [-0.15, -0.1) is 11.3 Å². The van der Waals surface area contributed by atoms with Crippen molar-refractivity contribution in [1.29, 1.82) is 0 Å². The Hall–Kier alpha value is -2.17. The number of hydrogen-bond acceptors (Lipinski definition) is 7. The number of amides is 2. The van der Waals surface area contributed by atoms with Crippen molar-refractivity contribution in [3.05, 3.63) is 37.6 Å². The molecule has 0 spiro atoms. The van der Waals surface area contributed by atoms with Crippen molar-refractivity contribution < 1.29 is 14.3 Å². The third kappa shape index (κ3) is 5.99. The number of nitrogens with one attached hydrogen (secondary N) is 3. The summed E-state index contributed by atoms with van der Waals surface area (Å²) >= 11 is 2.86. The highest BCUT2D eigenvalue weighted by Crippen LogP contribution is 2.38. The van der Waals surface area contributed by atoms with Crippen molar-refractivity contribution in [2.75, 3.05) is 31.8 Å². The van der Waals surface area contributed by atoms with Crippen molar-refractivity contribution in [3.63, 3.8) is 0 Å². The van der Waals surface area contributed by atoms with Gasteiger partial charge in [-0.05, 0) is 57.3 Å². The molecule has 2 aromatic heterocycles. The Morgan fingerprint density at radius 3 is 2.78 bits per heavy atom. The Morgan fingerprint density at radius 2 is 2.06 bits per heavy atom. The molecule has 3 N–H and O–H groups in total. The SMILES string of the molecule is COCCCNC(=O)c1c(NC(=O)CCc2c(C)nc(SC)[nH]c2=O)sc2c1CCCC2. The summed E-state index contributed by atoms with van der Waals surface area (Å²) in [6, 6.07) is 0. The van der Waals surface area contributed by atoms with Gasteiger partial charge in [0.05, 0.1) is 5.56 Å². The lowest BCUT2D eigenvalue weighted by atomic mass is 9.95. The minimum atomic E-state index is -0.218. The molecule has 1 aliphatic rings. The smallest absolute Gasteiger partial charge is 0.254 e. The Bertz CT molecular complexity index is 1030. The molecule has 2 amide bonds. The number of fused-ring (bicyclic) bond motifs is 1. The van der Waals surface area contributed by atoms with Crippen LogP contribution in [0.25, 0.3) is 0 Å². The highest BCUT2D eigenvalue weighted by Gasteiger charge is 2.26. The zero-order chi connectivity index (χ0) is 23.1. The standard InChI is InChI=1S/C22H30N4O4S2/c1-13-14(19(28)26-22(24-13)31-3)9-10-17(27)25-21-18(20(29)23-11-6-12-30-2)15-7-4-5-8-16(15)32-21/h4-12H2,1-3H3,(H,23,29)(H,25,27)(H,24,26,28). The van der Waals surface area contributed by atoms with Gasteiger partial charge < -0.3 is 20.4 Å². The molecule has 1 aliphatic carbocycles. The molecule has 0 aromatic carbocycles. The van der Waals surface area contributed by atoms with Crippen LogP contribution in [0.2, 0.25) is 0 Å². The first-order valence-electron chi connectivity index (χ1n) is 10.8. The average molecular weight is 479 g/mol. The number of nitrogens with zero attached hydrogens (tertiary/aromatic N) is 1. The number of hydrogen-bond donors (Lipinski definition) is 3. The molecular formula is C22H30N4O4S2. The fourth-order valence-electron chi connectivity index (χ4n) is 3.80. The molecule has 0 radical (unpaired) electrons. The van der Waals surface area contributed by atoms with Crippen LogP contribution in [0.5, 0.6) is 0 Å². The molecular weight excluding hydrogens is 448 g/mol. The summed E-state index contributed by atoms with van der Waals surface area (Å²) in [4.78, 5) is 46.2. The first-order valence-corrected chi connectivity index (χ1v) is 12.8. The van der Waals surface area contributed by atoms with Gasteiger partial charge in [0.25, 0.3) is 11.5 Å². The van der Waals surface area contributed by atoms with E-state index in [4.69, 9.17) is 4.74 Å². The van der Waals surface area contributed by atoms with E-state index in [-0.39, 0.29) is 30.2 Å². The van der Waals surface area contributed by atoms with E-state index in [1.54, 1.807) is 14.0 Å². The maximum Gasteiger partial charge on any atom is 0.254 e. The Labute approximate surface area is 195 Å². The molecule has 2 heterocycles. The summed E-state index contributed by atoms with van der Waals surface area (Å²) in [5, 5.41) is 7.05. The van der Waals surface area contributed by atoms with Gasteiger partial charge in [0.1, 0.15) is 5.00 Å². The van der Waals surface area contributed by atoms with E-state index in [0.29, 0.717) is 40.1 Å². The van der Waals surface area contributed by atoms with Crippen LogP contribution in [0.15, 0.2) is 9.95 Å². The Morgan fingerprint density at radius 1 is 1.28 bits per heavy atom. The third-order valence-electron chi connectivity index (χ3n) is 5.46. The average Bonchev–Trinajstić information content (AvgIpc) is 3.13. The number of methoxy groups -OCH3 is 1. The van der Waals surface area contributed by atoms with Crippen molar-refractivity contribution in [3.8, 4) is 0 Å². The van der Waals surface area contributed by atoms with Crippen molar-refractivity contribution in [2.24, 2.45) is 0 Å². The largest absolute Gasteiger partial charge is 0.385 e. The van der Waals surface area contributed by atoms with Crippen molar-refractivity contribution in [2.45, 2.75) is 57.0 Å². The molecule has 10 heteroatoms. The first kappa shape index (κ1) is 24.5. The lowest BCUT2D eigenvalue weighted by molar-refractivity contribution is -0.116. The molecule has 0 saturated carbocycles. The molecule has 0 fully saturated rings. The van der Waals surface area contributed by atoms with E-state index in [1.807, 2.05) is 6.26 Å². The summed E-state index contributed by atoms with van der Waals surface area (Å²) in [5.41, 5.74) is 2.59. The normalized spacial score (nSPS) is 13.0. The van der Waals surface area contributed by atoms with Crippen LogP contribution in [0, 0.1) is 6.92 Å². The summed E-state index contributed by atoms with van der Waals surface area (Å²) in [6.07, 6.45) is 6.93. The summed E-state index contributed by atoms with van der Waals surface area (Å²) < 4.78 is 5.04. The molecule has 0 unspecified atom stereocenters. The lowest BCUT2D eigenvalue weighted by Gasteiger charge is -2.13. The summed E-state index contributed by atoms with van der Waals surface area (Å²) in [6.45, 7) is 2.88. The molecule has 0 saturated heterocycles. The predicted molar refractivity (Wildman–Crippen MR) is 128 cm³/mol. The van der Waals surface area contributed by atoms with E-state index in [2.05, 4.69) is 20.6 Å². The number of carbonyl (C=O) groups excluding carboxylic acids is 2. The number of H-pyrrole nitrogens is 1. The monoisotopic (exact) mass is 478 g/mol. The van der Waals surface area contributed by atoms with Crippen LogP contribution in [0.4, 0.5) is 5.00 Å². The zero-order valence-electron chi connectivity index (χ0n) is 18.8. The maximum atomic E-state index is 12.9. The minimum absolute atomic E-state index is 0.141. The second kappa shape index (κ2) is 11.6. The van der Waals surface area contributed by atoms with Crippen LogP contribution in [0.1, 0.15) is 57.7 Å². The zero-order valence-corrected chi connectivity index (χ0v) is 20.4. The van der Waals surface area contributed by atoms with Gasteiger partial charge in [-0.2, -0.15) is 0 Å². The number of aromatic amines is 1. The fraction of sp³-hybridized carbons (Fsp3) is 0.545. The number of thiophene rings is 1. The van der Waals surface area contributed by atoms with Crippen LogP contribution in [0.3, 0.4) is 0 Å². The van der Waals surface area contributed by atoms with Gasteiger partial charge in [-0.25, -0.2) is 4.98 Å². The Balaban J connectivity index is 1.71. The molecule has 0 atom stereocenters. The fourth-order valence-corrected chi connectivity index (χ4v) is 5.53. The van der Waals surface area contributed by atoms with Crippen LogP contribution >= 0.6 is 23.1 Å². The number of aryl methyl sites for hydroxylation is 2. The minimum Gasteiger partial charge on any atom is -0.385 e. The third-order valence-corrected chi connectivity index (χ3v) is 7.25. The van der Waals surface area contributed by atoms with Gasteiger partial charge in [0.2, 0.25) is 5.91 Å². The van der Waals surface area contributed by atoms with Crippen LogP contribution in [-0.4, -0.2) is 48.3 Å². The number of carbonyl (C=O) groups is 2. The summed E-state index contributed by atoms with van der Waals surface area (Å²) in [7, 11) is 1.63. The molecule has 0 aliphatic heterocycles. The van der Waals surface area contributed by atoms with Gasteiger partial charge in [-0.1, -0.05) is 11.8 Å². The number of rotatable bonds is 10. The van der Waals surface area contributed by atoms with E-state index in [1.165, 1.54) is 28.0 Å². The molecule has 32 heavy (non-hydrogen) atoms. The molecule has 8 nitrogen and oxygen atoms in total. The topological polar surface area (TPSA) is 113 Å². The summed E-state index contributed by atoms with van der Waals surface area (Å²) in [5.74, 6) is -0.371. The van der Waals surface area contributed by atoms with E-state index in [9.17, 15) is 14.4 Å². The number of aromatic nitrogens is 2. The predicted octanol–water partition coefficient (Wildman–Crippen LogP) is 3.08. The Kier molecular flexibility index (Phi) is 8.89. The van der Waals surface area contributed by atoms with Gasteiger partial charge in [0.15, 0.2) is 5.16 Å². The second-order valence-corrected chi connectivity index (χ2v) is 9.60. The van der Waals surface area contributed by atoms with E-state index in [0.717, 1.165) is 37.7 Å². The van der Waals surface area contributed by atoms with E-state index >= 15 is 0 Å². The van der Waals surface area contributed by atoms with Crippen LogP contribution < -0.4 is 16.2 Å². The number of anilines is 1. The molecule has 0 bridgehead atoms. The number of thioether (sulfide) groups is 1. The maximum absolute atomic E-state index is 12.9. The van der Waals surface area contributed by atoms with Gasteiger partial charge in [0, 0.05) is 42.8 Å². The van der Waals surface area contributed by atoms with Crippen LogP contribution in [-0.2, 0) is 28.8 Å². The molecule has 2 aromatic rings. The lowest BCUT2D eigenvalue weighted by Crippen LogP contribution is -2.27. The van der Waals surface area contributed by atoms with Crippen molar-refractivity contribution in [1.82, 2.24) is 15.3 Å². The molecule has 174 valence electrons. The second-order valence-electron chi connectivity index (χ2n) is 7.70. The quantitative estimate of drug-likeness (QED) is 0.275. The van der Waals surface area contributed by atoms with E-state index < -0.39 is 0 Å². The van der Waals surface area contributed by atoms with Gasteiger partial charge in [-0.3, -0.25) is 14.4 Å². The van der Waals surface area contributed by atoms with Crippen molar-refractivity contribution >= 4 is 39.9 Å². The highest BCUT2D eigenvalue weighted by atomic mass is 32.2. The molecule has 3 rings (SSSR count). The number of ether oxygens (including phenoxy) is 1. The highest BCUT2D eigenvalue weighted by molar-refractivity contribution is 7.98. The first-order chi connectivity index (χ1) is 15.4.